The number of nitrogens with one attached hydrogen (secondary N) is 3. The van der Waals surface area contributed by atoms with Gasteiger partial charge in [0.25, 0.3) is 5.91 Å². The summed E-state index contributed by atoms with van der Waals surface area (Å²) in [4.78, 5) is 29.5. The standard InChI is InChI=1S/C36H37N7O3/c1-19-32(20(2)42-41-19)29-15-30-28(16-31(29)45-4)33-34(37-21(3)38-35(33)40-30)26-9-10-27(25-8-6-5-7-24(25)26)36(44)39-22-11-13-43(14-12-22)23-17-46-18-23/h5-10,15-16,22-23H,11-14,17-18H2,1-4H3,(H,39,44)(H,41,42)(H,37,38,40). The number of piperidine rings is 1. The summed E-state index contributed by atoms with van der Waals surface area (Å²) in [7, 11) is 1.69. The van der Waals surface area contributed by atoms with Crippen molar-refractivity contribution in [3.8, 4) is 28.1 Å². The molecule has 5 heterocycles. The number of aryl methyl sites for hydroxylation is 3. The summed E-state index contributed by atoms with van der Waals surface area (Å²) in [5.41, 5.74) is 8.00. The molecule has 6 aromatic rings. The van der Waals surface area contributed by atoms with E-state index in [0.717, 1.165) is 111 Å². The first kappa shape index (κ1) is 28.7. The highest BCUT2D eigenvalue weighted by atomic mass is 16.5. The van der Waals surface area contributed by atoms with Gasteiger partial charge in [0, 0.05) is 58.0 Å². The highest BCUT2D eigenvalue weighted by Gasteiger charge is 2.30. The Morgan fingerprint density at radius 1 is 0.978 bits per heavy atom. The molecule has 0 saturated carbocycles. The van der Waals surface area contributed by atoms with Crippen LogP contribution in [0, 0.1) is 20.8 Å². The average molecular weight is 616 g/mol. The van der Waals surface area contributed by atoms with Crippen LogP contribution in [0.15, 0.2) is 48.5 Å². The molecule has 2 aliphatic rings. The summed E-state index contributed by atoms with van der Waals surface area (Å²) in [6, 6.07) is 16.9. The second-order valence-electron chi connectivity index (χ2n) is 12.6. The zero-order valence-corrected chi connectivity index (χ0v) is 26.5. The van der Waals surface area contributed by atoms with Gasteiger partial charge in [-0.05, 0) is 62.6 Å². The van der Waals surface area contributed by atoms with Crippen LogP contribution in [0.5, 0.6) is 5.75 Å². The number of aromatic amines is 2. The lowest BCUT2D eigenvalue weighted by atomic mass is 9.94. The third kappa shape index (κ3) is 4.71. The van der Waals surface area contributed by atoms with Crippen molar-refractivity contribution in [2.45, 2.75) is 45.7 Å². The Morgan fingerprint density at radius 2 is 1.76 bits per heavy atom. The monoisotopic (exact) mass is 615 g/mol. The topological polar surface area (TPSA) is 121 Å². The lowest BCUT2D eigenvalue weighted by Gasteiger charge is -2.41. The summed E-state index contributed by atoms with van der Waals surface area (Å²) in [6.45, 7) is 9.54. The zero-order valence-electron chi connectivity index (χ0n) is 26.5. The number of ether oxygens (including phenoxy) is 2. The lowest BCUT2D eigenvalue weighted by Crippen LogP contribution is -2.54. The number of rotatable bonds is 6. The minimum absolute atomic E-state index is 0.0358. The number of fused-ring (bicyclic) bond motifs is 4. The van der Waals surface area contributed by atoms with Crippen LogP contribution in [-0.2, 0) is 4.74 Å². The van der Waals surface area contributed by atoms with Crippen molar-refractivity contribution in [3.63, 3.8) is 0 Å². The highest BCUT2D eigenvalue weighted by Crippen LogP contribution is 2.42. The number of nitrogens with zero attached hydrogens (tertiary/aromatic N) is 4. The fraction of sp³-hybridized carbons (Fsp3) is 0.333. The van der Waals surface area contributed by atoms with Gasteiger partial charge in [-0.25, -0.2) is 9.97 Å². The van der Waals surface area contributed by atoms with Crippen molar-refractivity contribution in [2.75, 3.05) is 33.4 Å². The molecule has 2 aliphatic heterocycles. The largest absolute Gasteiger partial charge is 0.496 e. The molecular formula is C36H37N7O3. The van der Waals surface area contributed by atoms with Crippen molar-refractivity contribution in [1.82, 2.24) is 35.4 Å². The third-order valence-corrected chi connectivity index (χ3v) is 9.71. The molecule has 3 aromatic heterocycles. The number of hydrogen-bond acceptors (Lipinski definition) is 7. The van der Waals surface area contributed by atoms with Gasteiger partial charge in [-0.15, -0.1) is 0 Å². The van der Waals surface area contributed by atoms with E-state index < -0.39 is 0 Å². The van der Waals surface area contributed by atoms with Gasteiger partial charge >= 0.3 is 0 Å². The van der Waals surface area contributed by atoms with E-state index in [4.69, 9.17) is 19.4 Å². The van der Waals surface area contributed by atoms with Crippen molar-refractivity contribution in [3.05, 3.63) is 71.3 Å². The second-order valence-corrected chi connectivity index (χ2v) is 12.6. The number of carbonyl (C=O) groups is 1. The number of benzene rings is 3. The molecule has 0 spiro atoms. The molecule has 0 bridgehead atoms. The Balaban J connectivity index is 1.20. The van der Waals surface area contributed by atoms with E-state index in [-0.39, 0.29) is 11.9 Å². The number of methoxy groups -OCH3 is 1. The summed E-state index contributed by atoms with van der Waals surface area (Å²) >= 11 is 0. The Labute approximate surface area is 266 Å². The predicted molar refractivity (Wildman–Crippen MR) is 179 cm³/mol. The number of H-pyrrole nitrogens is 2. The fourth-order valence-corrected chi connectivity index (χ4v) is 7.25. The van der Waals surface area contributed by atoms with Gasteiger partial charge in [0.15, 0.2) is 0 Å². The van der Waals surface area contributed by atoms with Crippen molar-refractivity contribution < 1.29 is 14.3 Å². The molecular weight excluding hydrogens is 578 g/mol. The highest BCUT2D eigenvalue weighted by molar-refractivity contribution is 6.17. The van der Waals surface area contributed by atoms with E-state index in [1.54, 1.807) is 7.11 Å². The molecule has 2 saturated heterocycles. The molecule has 0 radical (unpaired) electrons. The zero-order chi connectivity index (χ0) is 31.5. The van der Waals surface area contributed by atoms with Crippen molar-refractivity contribution in [1.29, 1.82) is 0 Å². The molecule has 10 heteroatoms. The SMILES string of the molecule is COc1cc2c(cc1-c1c(C)n[nH]c1C)[nH]c1nc(C)nc(-c3ccc(C(=O)NC4CCN(C5COC5)CC4)c4ccccc34)c12. The summed E-state index contributed by atoms with van der Waals surface area (Å²) in [5.74, 6) is 1.37. The molecule has 3 aromatic carbocycles. The summed E-state index contributed by atoms with van der Waals surface area (Å²) in [6.07, 6.45) is 1.89. The molecule has 0 aliphatic carbocycles. The Kier molecular flexibility index (Phi) is 6.99. The van der Waals surface area contributed by atoms with Gasteiger partial charge in [-0.1, -0.05) is 30.3 Å². The van der Waals surface area contributed by atoms with E-state index in [1.807, 2.05) is 51.1 Å². The minimum atomic E-state index is -0.0358. The van der Waals surface area contributed by atoms with Crippen LogP contribution in [0.2, 0.25) is 0 Å². The average Bonchev–Trinajstić information content (AvgIpc) is 3.56. The quantitative estimate of drug-likeness (QED) is 0.215. The van der Waals surface area contributed by atoms with Crippen LogP contribution in [-0.4, -0.2) is 81.5 Å². The van der Waals surface area contributed by atoms with Crippen LogP contribution < -0.4 is 10.1 Å². The van der Waals surface area contributed by atoms with Crippen molar-refractivity contribution in [2.24, 2.45) is 0 Å². The number of aromatic nitrogens is 5. The maximum absolute atomic E-state index is 13.7. The predicted octanol–water partition coefficient (Wildman–Crippen LogP) is 5.85. The first-order valence-corrected chi connectivity index (χ1v) is 15.9. The van der Waals surface area contributed by atoms with Gasteiger partial charge in [0.2, 0.25) is 0 Å². The smallest absolute Gasteiger partial charge is 0.252 e. The van der Waals surface area contributed by atoms with Gasteiger partial charge in [0.05, 0.1) is 43.1 Å². The number of likely N-dealkylation sites (tertiary alicyclic amines) is 1. The van der Waals surface area contributed by atoms with E-state index in [0.29, 0.717) is 17.4 Å². The molecule has 3 N–H and O–H groups in total. The fourth-order valence-electron chi connectivity index (χ4n) is 7.25. The summed E-state index contributed by atoms with van der Waals surface area (Å²) < 4.78 is 11.3. The first-order chi connectivity index (χ1) is 22.4. The Bertz CT molecular complexity index is 2120. The van der Waals surface area contributed by atoms with E-state index in [2.05, 4.69) is 43.6 Å². The van der Waals surface area contributed by atoms with E-state index >= 15 is 0 Å². The molecule has 2 fully saturated rings. The third-order valence-electron chi connectivity index (χ3n) is 9.71. The lowest BCUT2D eigenvalue weighted by molar-refractivity contribution is -0.0716. The van der Waals surface area contributed by atoms with Crippen LogP contribution >= 0.6 is 0 Å². The molecule has 234 valence electrons. The van der Waals surface area contributed by atoms with Crippen LogP contribution in [0.1, 0.15) is 40.4 Å². The molecule has 1 amide bonds. The Morgan fingerprint density at radius 3 is 2.46 bits per heavy atom. The van der Waals surface area contributed by atoms with E-state index in [1.165, 1.54) is 0 Å². The van der Waals surface area contributed by atoms with E-state index in [9.17, 15) is 4.79 Å². The normalized spacial score (nSPS) is 16.3. The van der Waals surface area contributed by atoms with Crippen LogP contribution in [0.25, 0.3) is 55.1 Å². The maximum Gasteiger partial charge on any atom is 0.252 e. The Hall–Kier alpha value is -4.80. The second kappa shape index (κ2) is 11.2. The molecule has 46 heavy (non-hydrogen) atoms. The van der Waals surface area contributed by atoms with Gasteiger partial charge < -0.3 is 19.8 Å². The van der Waals surface area contributed by atoms with Crippen molar-refractivity contribution >= 4 is 38.6 Å². The van der Waals surface area contributed by atoms with Gasteiger partial charge in [-0.2, -0.15) is 5.10 Å². The number of amides is 1. The maximum atomic E-state index is 13.7. The molecule has 8 rings (SSSR count). The van der Waals surface area contributed by atoms with Crippen LogP contribution in [0.4, 0.5) is 0 Å². The van der Waals surface area contributed by atoms with Gasteiger partial charge in [-0.3, -0.25) is 14.8 Å². The number of carbonyl (C=O) groups excluding carboxylic acids is 1. The minimum Gasteiger partial charge on any atom is -0.496 e. The number of hydrogen-bond donors (Lipinski definition) is 3. The van der Waals surface area contributed by atoms with Crippen LogP contribution in [0.3, 0.4) is 0 Å². The first-order valence-electron chi connectivity index (χ1n) is 15.9. The molecule has 0 unspecified atom stereocenters. The molecule has 0 atom stereocenters. The van der Waals surface area contributed by atoms with Gasteiger partial charge in [0.1, 0.15) is 17.2 Å². The molecule has 10 nitrogen and oxygen atoms in total. The summed E-state index contributed by atoms with van der Waals surface area (Å²) in [5, 5.41) is 14.6.